The third-order valence-electron chi connectivity index (χ3n) is 9.62. The molecule has 5 aliphatic rings. The normalized spacial score (nSPS) is 49.0. The van der Waals surface area contributed by atoms with Crippen LogP contribution in [0.5, 0.6) is 0 Å². The molecule has 0 aromatic rings. The summed E-state index contributed by atoms with van der Waals surface area (Å²) in [5, 5.41) is 3.33. The van der Waals surface area contributed by atoms with Crippen LogP contribution in [0.15, 0.2) is 11.8 Å². The van der Waals surface area contributed by atoms with E-state index in [0.717, 1.165) is 70.2 Å². The third-order valence-corrected chi connectivity index (χ3v) is 9.62. The molecule has 0 bridgehead atoms. The van der Waals surface area contributed by atoms with E-state index in [-0.39, 0.29) is 28.8 Å². The largest absolute Gasteiger partial charge is 0.314 e. The van der Waals surface area contributed by atoms with E-state index >= 15 is 0 Å². The minimum atomic E-state index is -0.127. The van der Waals surface area contributed by atoms with Crippen molar-refractivity contribution in [2.75, 3.05) is 13.1 Å². The van der Waals surface area contributed by atoms with Gasteiger partial charge in [0.2, 0.25) is 0 Å². The predicted molar refractivity (Wildman–Crippen MR) is 111 cm³/mol. The highest BCUT2D eigenvalue weighted by atomic mass is 16.7. The van der Waals surface area contributed by atoms with Gasteiger partial charge in [0.1, 0.15) is 12.1 Å². The molecule has 5 heteroatoms. The van der Waals surface area contributed by atoms with Gasteiger partial charge >= 0.3 is 0 Å². The maximum absolute atomic E-state index is 12.6. The Hall–Kier alpha value is -1.20. The lowest BCUT2D eigenvalue weighted by Crippen LogP contribution is -2.55. The molecule has 1 aliphatic heterocycles. The Morgan fingerprint density at radius 2 is 2.03 bits per heavy atom. The molecule has 5 rings (SSSR count). The molecule has 2 N–H and O–H groups in total. The van der Waals surface area contributed by atoms with E-state index in [1.54, 1.807) is 0 Å². The number of fused-ring (bicyclic) bond motifs is 5. The molecule has 0 spiro atoms. The molecule has 4 fully saturated rings. The topological polar surface area (TPSA) is 67.4 Å². The molecule has 1 heterocycles. The molecule has 3 saturated carbocycles. The van der Waals surface area contributed by atoms with Crippen molar-refractivity contribution in [1.82, 2.24) is 10.8 Å². The Morgan fingerprint density at radius 1 is 1.17 bits per heavy atom. The third kappa shape index (κ3) is 3.03. The van der Waals surface area contributed by atoms with Gasteiger partial charge in [0.15, 0.2) is 0 Å². The predicted octanol–water partition coefficient (Wildman–Crippen LogP) is 3.40. The minimum Gasteiger partial charge on any atom is -0.314 e. The SMILES string of the molecule is C[C@]12CCC(NO[C@@H]3CCNC3)=CC1C(C=O)C[C@@H]1[C@@H]2CC[C@]2(C)C(=O)CC[C@@H]12. The van der Waals surface area contributed by atoms with Crippen molar-refractivity contribution in [2.24, 2.45) is 40.4 Å². The quantitative estimate of drug-likeness (QED) is 0.559. The van der Waals surface area contributed by atoms with Crippen molar-refractivity contribution in [2.45, 2.75) is 71.3 Å². The Kier molecular flexibility index (Phi) is 4.90. The summed E-state index contributed by atoms with van der Waals surface area (Å²) in [6.45, 7) is 6.57. The zero-order chi connectivity index (χ0) is 20.2. The van der Waals surface area contributed by atoms with E-state index in [9.17, 15) is 9.59 Å². The van der Waals surface area contributed by atoms with Gasteiger partial charge in [-0.1, -0.05) is 19.9 Å². The van der Waals surface area contributed by atoms with E-state index < -0.39 is 0 Å². The Labute approximate surface area is 174 Å². The first kappa shape index (κ1) is 19.7. The van der Waals surface area contributed by atoms with Crippen molar-refractivity contribution < 1.29 is 14.4 Å². The molecule has 5 nitrogen and oxygen atoms in total. The van der Waals surface area contributed by atoms with Crippen LogP contribution in [0.1, 0.15) is 65.2 Å². The van der Waals surface area contributed by atoms with Crippen LogP contribution in [0.25, 0.3) is 0 Å². The monoisotopic (exact) mass is 400 g/mol. The van der Waals surface area contributed by atoms with Crippen molar-refractivity contribution in [3.05, 3.63) is 11.8 Å². The molecule has 8 atom stereocenters. The second-order valence-electron chi connectivity index (χ2n) is 10.9. The van der Waals surface area contributed by atoms with Gasteiger partial charge in [0, 0.05) is 30.0 Å². The highest BCUT2D eigenvalue weighted by Crippen LogP contribution is 2.65. The van der Waals surface area contributed by atoms with Crippen LogP contribution >= 0.6 is 0 Å². The van der Waals surface area contributed by atoms with Crippen LogP contribution < -0.4 is 10.8 Å². The van der Waals surface area contributed by atoms with Crippen LogP contribution in [-0.2, 0) is 14.4 Å². The second-order valence-corrected chi connectivity index (χ2v) is 10.9. The molecule has 160 valence electrons. The highest BCUT2D eigenvalue weighted by Gasteiger charge is 2.61. The van der Waals surface area contributed by atoms with Crippen molar-refractivity contribution in [1.29, 1.82) is 0 Å². The minimum absolute atomic E-state index is 0.0598. The number of rotatable bonds is 4. The molecule has 0 aromatic heterocycles. The maximum Gasteiger partial charge on any atom is 0.139 e. The summed E-state index contributed by atoms with van der Waals surface area (Å²) in [5.74, 6) is 2.46. The van der Waals surface area contributed by atoms with Gasteiger partial charge in [-0.05, 0) is 80.6 Å². The molecule has 29 heavy (non-hydrogen) atoms. The van der Waals surface area contributed by atoms with E-state index in [1.807, 2.05) is 0 Å². The standard InChI is InChI=1S/C24H36N2O3/c1-23-8-5-16(26-29-17-7-10-25-13-17)12-21(23)15(14-27)11-18-19-3-4-22(28)24(19,2)9-6-20(18)23/h12,14-15,17-21,25-26H,3-11,13H2,1-2H3/t15?,17-,18+,19+,20+,21?,23-,24+/m1/s1. The summed E-state index contributed by atoms with van der Waals surface area (Å²) in [5.41, 5.74) is 4.42. The van der Waals surface area contributed by atoms with Crippen LogP contribution in [-0.4, -0.2) is 31.3 Å². The molecule has 2 unspecified atom stereocenters. The fourth-order valence-corrected chi connectivity index (χ4v) is 7.89. The van der Waals surface area contributed by atoms with Gasteiger partial charge in [0.25, 0.3) is 0 Å². The number of Topliss-reactive ketones (excluding diaryl/α,β-unsaturated/α-hetero) is 1. The van der Waals surface area contributed by atoms with Crippen molar-refractivity contribution in [3.63, 3.8) is 0 Å². The van der Waals surface area contributed by atoms with Gasteiger partial charge in [-0.25, -0.2) is 0 Å². The number of allylic oxidation sites excluding steroid dienone is 2. The lowest BCUT2D eigenvalue weighted by molar-refractivity contribution is -0.142. The average Bonchev–Trinajstić information content (AvgIpc) is 3.34. The van der Waals surface area contributed by atoms with Crippen molar-refractivity contribution in [3.8, 4) is 0 Å². The smallest absolute Gasteiger partial charge is 0.139 e. The summed E-state index contributed by atoms with van der Waals surface area (Å²) < 4.78 is 0. The molecule has 1 saturated heterocycles. The average molecular weight is 401 g/mol. The Balaban J connectivity index is 1.38. The number of carbonyl (C=O) groups excluding carboxylic acids is 2. The molecule has 0 aromatic carbocycles. The number of aldehydes is 1. The van der Waals surface area contributed by atoms with E-state index in [4.69, 9.17) is 4.84 Å². The van der Waals surface area contributed by atoms with E-state index in [0.29, 0.717) is 23.5 Å². The summed E-state index contributed by atoms with van der Waals surface area (Å²) in [6, 6.07) is 0. The lowest BCUT2D eigenvalue weighted by Gasteiger charge is -2.60. The number of hydroxylamine groups is 1. The summed E-state index contributed by atoms with van der Waals surface area (Å²) in [6.07, 6.45) is 11.8. The Bertz CT molecular complexity index is 715. The molecular formula is C24H36N2O3. The van der Waals surface area contributed by atoms with Crippen LogP contribution in [0.3, 0.4) is 0 Å². The molecular weight excluding hydrogens is 364 g/mol. The molecule has 4 aliphatic carbocycles. The number of nitrogens with one attached hydrogen (secondary N) is 2. The molecule has 0 amide bonds. The first-order valence-electron chi connectivity index (χ1n) is 11.8. The zero-order valence-corrected chi connectivity index (χ0v) is 17.9. The first-order chi connectivity index (χ1) is 14.0. The second kappa shape index (κ2) is 7.19. The van der Waals surface area contributed by atoms with Gasteiger partial charge in [0.05, 0.1) is 6.10 Å². The summed E-state index contributed by atoms with van der Waals surface area (Å²) >= 11 is 0. The summed E-state index contributed by atoms with van der Waals surface area (Å²) in [7, 11) is 0. The zero-order valence-electron chi connectivity index (χ0n) is 17.9. The number of carbonyl (C=O) groups is 2. The van der Waals surface area contributed by atoms with Gasteiger partial charge < -0.3 is 10.1 Å². The van der Waals surface area contributed by atoms with Gasteiger partial charge in [-0.3, -0.25) is 15.1 Å². The van der Waals surface area contributed by atoms with Crippen LogP contribution in [0.4, 0.5) is 0 Å². The lowest BCUT2D eigenvalue weighted by atomic mass is 9.44. The van der Waals surface area contributed by atoms with Gasteiger partial charge in [-0.2, -0.15) is 0 Å². The highest BCUT2D eigenvalue weighted by molar-refractivity contribution is 5.87. The van der Waals surface area contributed by atoms with Crippen molar-refractivity contribution >= 4 is 12.1 Å². The Morgan fingerprint density at radius 3 is 2.79 bits per heavy atom. The van der Waals surface area contributed by atoms with E-state index in [2.05, 4.69) is 30.7 Å². The first-order valence-corrected chi connectivity index (χ1v) is 11.8. The summed E-state index contributed by atoms with van der Waals surface area (Å²) in [4.78, 5) is 30.7. The van der Waals surface area contributed by atoms with Crippen LogP contribution in [0.2, 0.25) is 0 Å². The van der Waals surface area contributed by atoms with Crippen LogP contribution in [0, 0.1) is 40.4 Å². The molecule has 0 radical (unpaired) electrons. The number of hydrogen-bond acceptors (Lipinski definition) is 5. The number of ketones is 1. The van der Waals surface area contributed by atoms with E-state index in [1.165, 1.54) is 6.29 Å². The fraction of sp³-hybridized carbons (Fsp3) is 0.833. The fourth-order valence-electron chi connectivity index (χ4n) is 7.89. The van der Waals surface area contributed by atoms with Gasteiger partial charge in [-0.15, -0.1) is 0 Å². The number of hydrogen-bond donors (Lipinski definition) is 2. The maximum atomic E-state index is 12.6.